The molecule has 2 heterocycles. The zero-order valence-electron chi connectivity index (χ0n) is 14.9. The van der Waals surface area contributed by atoms with Gasteiger partial charge in [0.25, 0.3) is 0 Å². The molecule has 5 nitrogen and oxygen atoms in total. The number of hydrogen-bond acceptors (Lipinski definition) is 4. The lowest BCUT2D eigenvalue weighted by atomic mass is 9.84. The number of nitrogens with two attached hydrogens (primary N) is 1. The maximum absolute atomic E-state index is 12.2. The third-order valence-corrected chi connectivity index (χ3v) is 5.92. The number of nitrogens with zero attached hydrogens (tertiary/aromatic N) is 2. The van der Waals surface area contributed by atoms with Gasteiger partial charge in [0, 0.05) is 30.7 Å². The summed E-state index contributed by atoms with van der Waals surface area (Å²) in [4.78, 5) is 16.8. The van der Waals surface area contributed by atoms with Crippen LogP contribution in [0.3, 0.4) is 0 Å². The fourth-order valence-corrected chi connectivity index (χ4v) is 4.35. The highest BCUT2D eigenvalue weighted by Crippen LogP contribution is 2.26. The summed E-state index contributed by atoms with van der Waals surface area (Å²) in [6, 6.07) is 4.21. The van der Waals surface area contributed by atoms with Crippen molar-refractivity contribution in [3.8, 4) is 0 Å². The molecule has 1 fully saturated rings. The maximum atomic E-state index is 12.2. The maximum Gasteiger partial charge on any atom is 0.230 e. The van der Waals surface area contributed by atoms with E-state index < -0.39 is 0 Å². The Morgan fingerprint density at radius 2 is 2.16 bits per heavy atom. The Hall–Kier alpha value is -1.53. The van der Waals surface area contributed by atoms with Gasteiger partial charge in [-0.3, -0.25) is 4.79 Å². The molecule has 0 aromatic carbocycles. The quantitative estimate of drug-likeness (QED) is 0.796. The van der Waals surface area contributed by atoms with Crippen molar-refractivity contribution in [3.05, 3.63) is 35.8 Å². The molecule has 25 heavy (non-hydrogen) atoms. The summed E-state index contributed by atoms with van der Waals surface area (Å²) in [6.07, 6.45) is 10.3. The van der Waals surface area contributed by atoms with E-state index in [0.29, 0.717) is 18.2 Å². The molecule has 1 atom stereocenters. The lowest BCUT2D eigenvalue weighted by Crippen LogP contribution is -2.46. The van der Waals surface area contributed by atoms with Crippen LogP contribution in [0.5, 0.6) is 0 Å². The van der Waals surface area contributed by atoms with Crippen molar-refractivity contribution in [2.75, 3.05) is 12.3 Å². The number of nitrogens with one attached hydrogen (secondary N) is 1. The van der Waals surface area contributed by atoms with Crippen LogP contribution in [-0.4, -0.2) is 33.6 Å². The van der Waals surface area contributed by atoms with Crippen LogP contribution in [0.25, 0.3) is 5.65 Å². The van der Waals surface area contributed by atoms with Crippen molar-refractivity contribution < 1.29 is 4.79 Å². The Kier molecular flexibility index (Phi) is 6.37. The fourth-order valence-electron chi connectivity index (χ4n) is 3.63. The lowest BCUT2D eigenvalue weighted by molar-refractivity contribution is -0.119. The number of aryl methyl sites for hydroxylation is 1. The molecular formula is C19H28N4OS. The summed E-state index contributed by atoms with van der Waals surface area (Å²) in [5.41, 5.74) is 9.06. The first-order valence-corrected chi connectivity index (χ1v) is 10.3. The topological polar surface area (TPSA) is 72.4 Å². The van der Waals surface area contributed by atoms with E-state index in [1.165, 1.54) is 37.7 Å². The minimum absolute atomic E-state index is 0.0885. The van der Waals surface area contributed by atoms with Crippen molar-refractivity contribution in [3.63, 3.8) is 0 Å². The van der Waals surface area contributed by atoms with Crippen molar-refractivity contribution in [1.82, 2.24) is 14.7 Å². The van der Waals surface area contributed by atoms with Crippen LogP contribution in [0.15, 0.2) is 24.5 Å². The van der Waals surface area contributed by atoms with Crippen LogP contribution in [0.1, 0.15) is 43.4 Å². The first kappa shape index (κ1) is 18.3. The van der Waals surface area contributed by atoms with E-state index in [1.54, 1.807) is 11.8 Å². The van der Waals surface area contributed by atoms with Gasteiger partial charge >= 0.3 is 0 Å². The number of rotatable bonds is 7. The van der Waals surface area contributed by atoms with Crippen molar-refractivity contribution in [2.45, 2.75) is 50.8 Å². The minimum atomic E-state index is 0.0885. The SMILES string of the molecule is Cc1ccc2nc(CSCC(=O)NC(CN)C3CCCCC3)cn2c1. The molecule has 1 aliphatic rings. The highest BCUT2D eigenvalue weighted by molar-refractivity contribution is 7.99. The van der Waals surface area contributed by atoms with Crippen LogP contribution in [0, 0.1) is 12.8 Å². The standard InChI is InChI=1S/C19H28N4OS/c1-14-7-8-18-21-16(11-23(18)10-14)12-25-13-19(24)22-17(9-20)15-5-3-2-4-6-15/h7-8,10-11,15,17H,2-6,9,12-13,20H2,1H3,(H,22,24). The molecule has 1 aliphatic carbocycles. The Bertz CT molecular complexity index is 709. The number of fused-ring (bicyclic) bond motifs is 1. The van der Waals surface area contributed by atoms with Crippen LogP contribution >= 0.6 is 11.8 Å². The molecule has 0 radical (unpaired) electrons. The first-order valence-electron chi connectivity index (χ1n) is 9.17. The van der Waals surface area contributed by atoms with E-state index in [-0.39, 0.29) is 11.9 Å². The first-order chi connectivity index (χ1) is 12.2. The highest BCUT2D eigenvalue weighted by Gasteiger charge is 2.23. The zero-order chi connectivity index (χ0) is 17.6. The van der Waals surface area contributed by atoms with Crippen LogP contribution < -0.4 is 11.1 Å². The van der Waals surface area contributed by atoms with Crippen LogP contribution in [0.4, 0.5) is 0 Å². The normalized spacial score (nSPS) is 16.9. The van der Waals surface area contributed by atoms with Gasteiger partial charge < -0.3 is 15.5 Å². The summed E-state index contributed by atoms with van der Waals surface area (Å²) in [6.45, 7) is 2.60. The number of hydrogen-bond donors (Lipinski definition) is 2. The molecule has 2 aromatic rings. The predicted octanol–water partition coefficient (Wildman–Crippen LogP) is 2.90. The van der Waals surface area contributed by atoms with Gasteiger partial charge in [-0.25, -0.2) is 4.98 Å². The van der Waals surface area contributed by atoms with Crippen molar-refractivity contribution in [2.24, 2.45) is 11.7 Å². The van der Waals surface area contributed by atoms with E-state index in [0.717, 1.165) is 17.1 Å². The molecule has 3 rings (SSSR count). The van der Waals surface area contributed by atoms with Gasteiger partial charge in [-0.15, -0.1) is 11.8 Å². The molecule has 2 aromatic heterocycles. The molecule has 0 bridgehead atoms. The van der Waals surface area contributed by atoms with Gasteiger partial charge in [0.15, 0.2) is 0 Å². The second-order valence-electron chi connectivity index (χ2n) is 7.00. The third-order valence-electron chi connectivity index (χ3n) is 4.95. The van der Waals surface area contributed by atoms with Gasteiger partial charge in [-0.05, 0) is 37.3 Å². The Balaban J connectivity index is 1.46. The zero-order valence-corrected chi connectivity index (χ0v) is 15.7. The monoisotopic (exact) mass is 360 g/mol. The molecule has 136 valence electrons. The summed E-state index contributed by atoms with van der Waals surface area (Å²) < 4.78 is 2.04. The lowest BCUT2D eigenvalue weighted by Gasteiger charge is -2.30. The van der Waals surface area contributed by atoms with E-state index in [9.17, 15) is 4.79 Å². The number of amides is 1. The molecule has 0 saturated heterocycles. The molecule has 3 N–H and O–H groups in total. The number of carbonyl (C=O) groups excluding carboxylic acids is 1. The van der Waals surface area contributed by atoms with Gasteiger partial charge in [0.2, 0.25) is 5.91 Å². The second-order valence-corrected chi connectivity index (χ2v) is 7.99. The molecule has 0 spiro atoms. The smallest absolute Gasteiger partial charge is 0.230 e. The summed E-state index contributed by atoms with van der Waals surface area (Å²) in [5, 5.41) is 3.15. The minimum Gasteiger partial charge on any atom is -0.351 e. The number of imidazole rings is 1. The average Bonchev–Trinajstić information content (AvgIpc) is 3.02. The van der Waals surface area contributed by atoms with Gasteiger partial charge in [-0.1, -0.05) is 25.3 Å². The molecule has 0 aliphatic heterocycles. The Morgan fingerprint density at radius 1 is 1.36 bits per heavy atom. The number of aromatic nitrogens is 2. The fraction of sp³-hybridized carbons (Fsp3) is 0.579. The van der Waals surface area contributed by atoms with Gasteiger partial charge in [-0.2, -0.15) is 0 Å². The summed E-state index contributed by atoms with van der Waals surface area (Å²) in [5.74, 6) is 1.83. The second kappa shape index (κ2) is 8.72. The number of carbonyl (C=O) groups is 1. The van der Waals surface area contributed by atoms with Crippen LogP contribution in [-0.2, 0) is 10.5 Å². The Morgan fingerprint density at radius 3 is 2.92 bits per heavy atom. The molecule has 1 amide bonds. The van der Waals surface area contributed by atoms with Crippen molar-refractivity contribution >= 4 is 23.3 Å². The molecule has 6 heteroatoms. The molecule has 1 unspecified atom stereocenters. The highest BCUT2D eigenvalue weighted by atomic mass is 32.2. The Labute approximate surface area is 153 Å². The van der Waals surface area contributed by atoms with Crippen molar-refractivity contribution in [1.29, 1.82) is 0 Å². The van der Waals surface area contributed by atoms with E-state index in [4.69, 9.17) is 5.73 Å². The van der Waals surface area contributed by atoms with E-state index in [2.05, 4.69) is 29.5 Å². The number of thioether (sulfide) groups is 1. The molecular weight excluding hydrogens is 332 g/mol. The summed E-state index contributed by atoms with van der Waals surface area (Å²) >= 11 is 1.60. The predicted molar refractivity (Wildman–Crippen MR) is 104 cm³/mol. The van der Waals surface area contributed by atoms with Crippen LogP contribution in [0.2, 0.25) is 0 Å². The number of pyridine rings is 1. The van der Waals surface area contributed by atoms with Gasteiger partial charge in [0.05, 0.1) is 11.4 Å². The van der Waals surface area contributed by atoms with E-state index in [1.807, 2.05) is 16.7 Å². The van der Waals surface area contributed by atoms with E-state index >= 15 is 0 Å². The largest absolute Gasteiger partial charge is 0.351 e. The van der Waals surface area contributed by atoms with Gasteiger partial charge in [0.1, 0.15) is 5.65 Å². The average molecular weight is 361 g/mol. The third kappa shape index (κ3) is 4.98. The summed E-state index contributed by atoms with van der Waals surface area (Å²) in [7, 11) is 0. The molecule has 1 saturated carbocycles.